The first-order valence-electron chi connectivity index (χ1n) is 13.4. The van der Waals surface area contributed by atoms with Gasteiger partial charge in [-0.2, -0.15) is 0 Å². The molecule has 0 bridgehead atoms. The molecule has 1 atom stereocenters. The van der Waals surface area contributed by atoms with Crippen LogP contribution in [0.15, 0.2) is 42.5 Å². The first-order valence-corrected chi connectivity index (χ1v) is 13.4. The highest BCUT2D eigenvalue weighted by Crippen LogP contribution is 2.52. The lowest BCUT2D eigenvalue weighted by molar-refractivity contribution is -0.0650. The van der Waals surface area contributed by atoms with Gasteiger partial charge in [0.15, 0.2) is 0 Å². The van der Waals surface area contributed by atoms with Crippen molar-refractivity contribution < 1.29 is 4.74 Å². The van der Waals surface area contributed by atoms with Crippen LogP contribution in [-0.2, 0) is 6.54 Å². The minimum atomic E-state index is 0.476. The summed E-state index contributed by atoms with van der Waals surface area (Å²) in [5.74, 6) is 1.55. The summed E-state index contributed by atoms with van der Waals surface area (Å²) < 4.78 is 5.60. The highest BCUT2D eigenvalue weighted by Gasteiger charge is 2.49. The van der Waals surface area contributed by atoms with Gasteiger partial charge in [-0.25, -0.2) is 0 Å². The molecule has 4 heteroatoms. The predicted molar refractivity (Wildman–Crippen MR) is 141 cm³/mol. The smallest absolute Gasteiger partial charge is 0.122 e. The molecule has 1 N–H and O–H groups in total. The van der Waals surface area contributed by atoms with Crippen LogP contribution in [0.25, 0.3) is 0 Å². The number of ether oxygens (including phenoxy) is 1. The first-order chi connectivity index (χ1) is 16.5. The van der Waals surface area contributed by atoms with Crippen LogP contribution in [0.5, 0.6) is 5.75 Å². The van der Waals surface area contributed by atoms with E-state index in [1.165, 1.54) is 62.0 Å². The summed E-state index contributed by atoms with van der Waals surface area (Å²) >= 11 is 0. The van der Waals surface area contributed by atoms with E-state index >= 15 is 0 Å². The maximum atomic E-state index is 5.60. The third-order valence-corrected chi connectivity index (χ3v) is 8.83. The SMILES string of the molecule is COc1cc(CN2CCN(C3CC4(CCNCC4)C3)C(c3ccccc3C(C)C)C2)ccc1C. The number of methoxy groups -OCH3 is 1. The van der Waals surface area contributed by atoms with Gasteiger partial charge in [-0.1, -0.05) is 50.2 Å². The van der Waals surface area contributed by atoms with Crippen LogP contribution >= 0.6 is 0 Å². The molecule has 34 heavy (non-hydrogen) atoms. The molecule has 4 nitrogen and oxygen atoms in total. The van der Waals surface area contributed by atoms with E-state index < -0.39 is 0 Å². The summed E-state index contributed by atoms with van der Waals surface area (Å²) in [4.78, 5) is 5.56. The topological polar surface area (TPSA) is 27.7 Å². The quantitative estimate of drug-likeness (QED) is 0.613. The van der Waals surface area contributed by atoms with E-state index in [2.05, 4.69) is 78.4 Å². The number of nitrogens with zero attached hydrogens (tertiary/aromatic N) is 2. The molecule has 2 aliphatic heterocycles. The predicted octanol–water partition coefficient (Wildman–Crippen LogP) is 5.52. The summed E-state index contributed by atoms with van der Waals surface area (Å²) in [6.45, 7) is 13.6. The van der Waals surface area contributed by atoms with Crippen LogP contribution < -0.4 is 10.1 Å². The van der Waals surface area contributed by atoms with Gasteiger partial charge >= 0.3 is 0 Å². The van der Waals surface area contributed by atoms with E-state index in [1.807, 2.05) is 0 Å². The molecular weight excluding hydrogens is 418 g/mol. The van der Waals surface area contributed by atoms with Crippen LogP contribution in [-0.4, -0.2) is 55.7 Å². The second-order valence-corrected chi connectivity index (χ2v) is 11.4. The maximum absolute atomic E-state index is 5.60. The molecule has 0 amide bonds. The number of benzene rings is 2. The van der Waals surface area contributed by atoms with Gasteiger partial charge in [-0.15, -0.1) is 0 Å². The van der Waals surface area contributed by atoms with Gasteiger partial charge in [-0.3, -0.25) is 9.80 Å². The molecule has 1 spiro atoms. The zero-order valence-corrected chi connectivity index (χ0v) is 21.6. The highest BCUT2D eigenvalue weighted by atomic mass is 16.5. The molecular formula is C30H43N3O. The number of piperidine rings is 1. The number of hydrogen-bond donors (Lipinski definition) is 1. The summed E-state index contributed by atoms with van der Waals surface area (Å²) in [7, 11) is 1.78. The molecule has 0 radical (unpaired) electrons. The fraction of sp³-hybridized carbons (Fsp3) is 0.600. The van der Waals surface area contributed by atoms with Crippen molar-refractivity contribution in [2.24, 2.45) is 5.41 Å². The normalized spacial score (nSPS) is 23.9. The lowest BCUT2D eigenvalue weighted by Gasteiger charge is -2.57. The third kappa shape index (κ3) is 4.78. The molecule has 0 aromatic heterocycles. The average Bonchev–Trinajstić information content (AvgIpc) is 2.84. The van der Waals surface area contributed by atoms with Crippen molar-refractivity contribution in [2.45, 2.75) is 71.0 Å². The Hall–Kier alpha value is -1.88. The molecule has 3 fully saturated rings. The number of aryl methyl sites for hydroxylation is 1. The molecule has 3 aliphatic rings. The van der Waals surface area contributed by atoms with Crippen molar-refractivity contribution in [1.82, 2.24) is 15.1 Å². The van der Waals surface area contributed by atoms with Crippen molar-refractivity contribution in [3.63, 3.8) is 0 Å². The van der Waals surface area contributed by atoms with E-state index in [4.69, 9.17) is 4.74 Å². The number of piperazine rings is 1. The Balaban J connectivity index is 1.37. The Morgan fingerprint density at radius 2 is 1.82 bits per heavy atom. The van der Waals surface area contributed by atoms with Gasteiger partial charge in [0.25, 0.3) is 0 Å². The van der Waals surface area contributed by atoms with Gasteiger partial charge in [0.1, 0.15) is 5.75 Å². The Morgan fingerprint density at radius 3 is 2.56 bits per heavy atom. The van der Waals surface area contributed by atoms with Crippen molar-refractivity contribution in [2.75, 3.05) is 39.8 Å². The summed E-state index contributed by atoms with van der Waals surface area (Å²) in [6, 6.07) is 17.1. The maximum Gasteiger partial charge on any atom is 0.122 e. The molecule has 184 valence electrons. The van der Waals surface area contributed by atoms with E-state index in [0.29, 0.717) is 17.4 Å². The van der Waals surface area contributed by atoms with Crippen LogP contribution in [0.1, 0.15) is 73.7 Å². The minimum absolute atomic E-state index is 0.476. The molecule has 2 heterocycles. The van der Waals surface area contributed by atoms with Gasteiger partial charge in [0.2, 0.25) is 0 Å². The van der Waals surface area contributed by atoms with Crippen LogP contribution in [0.4, 0.5) is 0 Å². The summed E-state index contributed by atoms with van der Waals surface area (Å²) in [6.07, 6.45) is 5.52. The summed E-state index contributed by atoms with van der Waals surface area (Å²) in [5, 5.41) is 3.57. The second-order valence-electron chi connectivity index (χ2n) is 11.4. The van der Waals surface area contributed by atoms with Crippen LogP contribution in [0.3, 0.4) is 0 Å². The molecule has 2 aromatic carbocycles. The van der Waals surface area contributed by atoms with Gasteiger partial charge < -0.3 is 10.1 Å². The molecule has 2 saturated heterocycles. The zero-order valence-electron chi connectivity index (χ0n) is 21.6. The fourth-order valence-electron chi connectivity index (χ4n) is 6.81. The standard InChI is InChI=1S/C30H43N3O/c1-22(2)26-7-5-6-8-27(26)28-21-32(20-24-10-9-23(3)29(17-24)34-4)15-16-33(28)25-18-30(19-25)11-13-31-14-12-30/h5-10,17,22,25,28,31H,11-16,18-21H2,1-4H3. The van der Waals surface area contributed by atoms with Gasteiger partial charge in [0, 0.05) is 38.3 Å². The Bertz CT molecular complexity index is 973. The Morgan fingerprint density at radius 1 is 1.06 bits per heavy atom. The average molecular weight is 462 g/mol. The van der Waals surface area contributed by atoms with Crippen LogP contribution in [0.2, 0.25) is 0 Å². The molecule has 2 aromatic rings. The van der Waals surface area contributed by atoms with Gasteiger partial charge in [0.05, 0.1) is 7.11 Å². The lowest BCUT2D eigenvalue weighted by atomic mass is 9.60. The van der Waals surface area contributed by atoms with Crippen LogP contribution in [0, 0.1) is 12.3 Å². The van der Waals surface area contributed by atoms with Crippen molar-refractivity contribution >= 4 is 0 Å². The molecule has 5 rings (SSSR count). The molecule has 1 unspecified atom stereocenters. The number of rotatable bonds is 6. The lowest BCUT2D eigenvalue weighted by Crippen LogP contribution is -2.59. The zero-order chi connectivity index (χ0) is 23.7. The van der Waals surface area contributed by atoms with E-state index in [0.717, 1.165) is 31.4 Å². The molecule has 1 saturated carbocycles. The molecule has 1 aliphatic carbocycles. The first kappa shape index (κ1) is 23.8. The Labute approximate surface area is 206 Å². The van der Waals surface area contributed by atoms with E-state index in [9.17, 15) is 0 Å². The van der Waals surface area contributed by atoms with Crippen molar-refractivity contribution in [3.8, 4) is 5.75 Å². The van der Waals surface area contributed by atoms with Gasteiger partial charge in [-0.05, 0) is 85.3 Å². The highest BCUT2D eigenvalue weighted by molar-refractivity contribution is 5.37. The second kappa shape index (κ2) is 10.0. The number of nitrogens with one attached hydrogen (secondary N) is 1. The van der Waals surface area contributed by atoms with E-state index in [1.54, 1.807) is 12.7 Å². The number of hydrogen-bond acceptors (Lipinski definition) is 4. The third-order valence-electron chi connectivity index (χ3n) is 8.83. The summed E-state index contributed by atoms with van der Waals surface area (Å²) in [5.41, 5.74) is 6.25. The monoisotopic (exact) mass is 461 g/mol. The van der Waals surface area contributed by atoms with Crippen molar-refractivity contribution in [3.05, 3.63) is 64.7 Å². The Kier molecular flexibility index (Phi) is 7.02. The largest absolute Gasteiger partial charge is 0.496 e. The minimum Gasteiger partial charge on any atom is -0.496 e. The fourth-order valence-corrected chi connectivity index (χ4v) is 6.81. The van der Waals surface area contributed by atoms with E-state index in [-0.39, 0.29) is 0 Å². The van der Waals surface area contributed by atoms with Crippen molar-refractivity contribution in [1.29, 1.82) is 0 Å².